The molecule has 1 aromatic carbocycles. The molecule has 136 valence electrons. The molecule has 0 unspecified atom stereocenters. The third-order valence-corrected chi connectivity index (χ3v) is 7.53. The van der Waals surface area contributed by atoms with Crippen molar-refractivity contribution < 1.29 is 23.2 Å². The fourth-order valence-corrected chi connectivity index (χ4v) is 6.01. The van der Waals surface area contributed by atoms with E-state index in [1.807, 2.05) is 0 Å². The second-order valence-electron chi connectivity index (χ2n) is 7.01. The van der Waals surface area contributed by atoms with Gasteiger partial charge < -0.3 is 5.11 Å². The lowest BCUT2D eigenvalue weighted by atomic mass is 9.81. The first-order valence-corrected chi connectivity index (χ1v) is 9.53. The van der Waals surface area contributed by atoms with Gasteiger partial charge in [-0.05, 0) is 44.2 Å². The minimum atomic E-state index is -3.90. The first kappa shape index (κ1) is 17.8. The number of nitro groups is 1. The highest BCUT2D eigenvalue weighted by Crippen LogP contribution is 2.50. The summed E-state index contributed by atoms with van der Waals surface area (Å²) in [5.41, 5.74) is -0.575. The topological polar surface area (TPSA) is 118 Å². The molecule has 0 radical (unpaired) electrons. The predicted molar refractivity (Wildman–Crippen MR) is 88.7 cm³/mol. The summed E-state index contributed by atoms with van der Waals surface area (Å²) in [6.07, 6.45) is 1.98. The van der Waals surface area contributed by atoms with Crippen LogP contribution in [0.25, 0.3) is 0 Å². The number of nitro benzene ring substituents is 1. The lowest BCUT2D eigenvalue weighted by Gasteiger charge is -2.23. The molecule has 0 aromatic heterocycles. The maximum absolute atomic E-state index is 13.0. The van der Waals surface area contributed by atoms with Crippen molar-refractivity contribution in [1.82, 2.24) is 4.31 Å². The first-order valence-electron chi connectivity index (χ1n) is 8.09. The molecular formula is C16H20N2O6S. The number of benzene rings is 1. The van der Waals surface area contributed by atoms with Gasteiger partial charge >= 0.3 is 5.97 Å². The Morgan fingerprint density at radius 1 is 1.36 bits per heavy atom. The number of carboxylic acids is 1. The Morgan fingerprint density at radius 3 is 2.60 bits per heavy atom. The number of nitrogens with zero attached hydrogens (tertiary/aromatic N) is 2. The second kappa shape index (κ2) is 5.77. The van der Waals surface area contributed by atoms with Gasteiger partial charge in [-0.2, -0.15) is 4.31 Å². The van der Waals surface area contributed by atoms with E-state index in [2.05, 4.69) is 0 Å². The van der Waals surface area contributed by atoms with E-state index in [9.17, 15) is 28.4 Å². The summed E-state index contributed by atoms with van der Waals surface area (Å²) in [7, 11) is -3.90. The lowest BCUT2D eigenvalue weighted by Crippen LogP contribution is -2.37. The number of fused-ring (bicyclic) bond motifs is 1. The first-order chi connectivity index (χ1) is 11.6. The standard InChI is InChI=1S/C16H20N2O6S/c1-10-7-14(11(2)6-13(10)18(21)22)25(23,24)17-8-12-4-3-5-16(12,9-17)15(19)20/h6-7,12H,3-5,8-9H2,1-2H3,(H,19,20)/t12-,16+/m0/s1. The van der Waals surface area contributed by atoms with Crippen LogP contribution in [0.5, 0.6) is 0 Å². The van der Waals surface area contributed by atoms with Crippen molar-refractivity contribution >= 4 is 21.7 Å². The zero-order chi connectivity index (χ0) is 18.6. The third-order valence-electron chi connectivity index (χ3n) is 5.57. The number of aliphatic carboxylic acids is 1. The number of hydrogen-bond donors (Lipinski definition) is 1. The van der Waals surface area contributed by atoms with Gasteiger partial charge in [0.05, 0.1) is 15.2 Å². The minimum Gasteiger partial charge on any atom is -0.481 e. The van der Waals surface area contributed by atoms with Gasteiger partial charge in [-0.25, -0.2) is 8.42 Å². The number of carboxylic acid groups (broad SMARTS) is 1. The monoisotopic (exact) mass is 368 g/mol. The molecule has 0 amide bonds. The van der Waals surface area contributed by atoms with Gasteiger partial charge in [0, 0.05) is 24.7 Å². The summed E-state index contributed by atoms with van der Waals surface area (Å²) in [6.45, 7) is 3.16. The SMILES string of the molecule is Cc1cc(S(=O)(=O)N2C[C@@H]3CCC[C@@]3(C(=O)O)C2)c(C)cc1[N+](=O)[O-]. The fourth-order valence-electron chi connectivity index (χ4n) is 4.16. The Kier molecular flexibility index (Phi) is 4.11. The number of hydrogen-bond acceptors (Lipinski definition) is 5. The predicted octanol–water partition coefficient (Wildman–Crippen LogP) is 2.09. The maximum Gasteiger partial charge on any atom is 0.311 e. The molecule has 2 aliphatic rings. The summed E-state index contributed by atoms with van der Waals surface area (Å²) in [5.74, 6) is -1.12. The van der Waals surface area contributed by atoms with Crippen LogP contribution in [0.2, 0.25) is 0 Å². The second-order valence-corrected chi connectivity index (χ2v) is 8.92. The van der Waals surface area contributed by atoms with Crippen LogP contribution in [-0.2, 0) is 14.8 Å². The molecule has 1 heterocycles. The third kappa shape index (κ3) is 2.62. The Balaban J connectivity index is 2.00. The van der Waals surface area contributed by atoms with Gasteiger partial charge in [0.25, 0.3) is 5.69 Å². The van der Waals surface area contributed by atoms with Crippen LogP contribution in [0.15, 0.2) is 17.0 Å². The molecule has 1 aromatic rings. The summed E-state index contributed by atoms with van der Waals surface area (Å²) < 4.78 is 27.3. The molecule has 9 heteroatoms. The van der Waals surface area contributed by atoms with E-state index in [1.54, 1.807) is 0 Å². The maximum atomic E-state index is 13.0. The molecule has 0 spiro atoms. The molecule has 2 atom stereocenters. The van der Waals surface area contributed by atoms with Crippen LogP contribution in [-0.4, -0.2) is 41.8 Å². The molecule has 3 rings (SSSR count). The van der Waals surface area contributed by atoms with E-state index < -0.39 is 26.3 Å². The average Bonchev–Trinajstić information content (AvgIpc) is 3.07. The summed E-state index contributed by atoms with van der Waals surface area (Å²) in [6, 6.07) is 2.57. The van der Waals surface area contributed by atoms with Crippen molar-refractivity contribution in [2.45, 2.75) is 38.0 Å². The molecule has 1 aliphatic heterocycles. The summed E-state index contributed by atoms with van der Waals surface area (Å²) >= 11 is 0. The van der Waals surface area contributed by atoms with E-state index in [0.717, 1.165) is 6.42 Å². The number of rotatable bonds is 4. The van der Waals surface area contributed by atoms with Crippen LogP contribution in [0, 0.1) is 35.3 Å². The highest BCUT2D eigenvalue weighted by Gasteiger charge is 2.57. The quantitative estimate of drug-likeness (QED) is 0.642. The summed E-state index contributed by atoms with van der Waals surface area (Å²) in [4.78, 5) is 22.2. The van der Waals surface area contributed by atoms with Crippen molar-refractivity contribution in [1.29, 1.82) is 0 Å². The highest BCUT2D eigenvalue weighted by atomic mass is 32.2. The smallest absolute Gasteiger partial charge is 0.311 e. The number of carbonyl (C=O) groups is 1. The fraction of sp³-hybridized carbons (Fsp3) is 0.562. The van der Waals surface area contributed by atoms with E-state index >= 15 is 0 Å². The zero-order valence-corrected chi connectivity index (χ0v) is 14.9. The highest BCUT2D eigenvalue weighted by molar-refractivity contribution is 7.89. The number of sulfonamides is 1. The van der Waals surface area contributed by atoms with Gasteiger partial charge in [0.15, 0.2) is 0 Å². The van der Waals surface area contributed by atoms with Crippen LogP contribution in [0.4, 0.5) is 5.69 Å². The van der Waals surface area contributed by atoms with E-state index in [0.29, 0.717) is 18.4 Å². The molecule has 0 bridgehead atoms. The lowest BCUT2D eigenvalue weighted by molar-refractivity contribution is -0.385. The molecule has 2 fully saturated rings. The normalized spacial score (nSPS) is 26.6. The van der Waals surface area contributed by atoms with Gasteiger partial charge in [-0.1, -0.05) is 6.42 Å². The van der Waals surface area contributed by atoms with Crippen LogP contribution in [0.1, 0.15) is 30.4 Å². The molecule has 25 heavy (non-hydrogen) atoms. The van der Waals surface area contributed by atoms with E-state index in [1.165, 1.54) is 30.3 Å². The minimum absolute atomic E-state index is 0.0103. The van der Waals surface area contributed by atoms with Gasteiger partial charge in [-0.15, -0.1) is 0 Å². The van der Waals surface area contributed by atoms with Crippen LogP contribution in [0.3, 0.4) is 0 Å². The molecular weight excluding hydrogens is 348 g/mol. The molecule has 1 saturated heterocycles. The van der Waals surface area contributed by atoms with E-state index in [4.69, 9.17) is 0 Å². The molecule has 1 aliphatic carbocycles. The Morgan fingerprint density at radius 2 is 2.04 bits per heavy atom. The van der Waals surface area contributed by atoms with E-state index in [-0.39, 0.29) is 35.2 Å². The van der Waals surface area contributed by atoms with Gasteiger partial charge in [0.1, 0.15) is 0 Å². The summed E-state index contributed by atoms with van der Waals surface area (Å²) in [5, 5.41) is 20.6. The van der Waals surface area contributed by atoms with Gasteiger partial charge in [0.2, 0.25) is 10.0 Å². The largest absolute Gasteiger partial charge is 0.481 e. The molecule has 8 nitrogen and oxygen atoms in total. The molecule has 1 saturated carbocycles. The van der Waals surface area contributed by atoms with Crippen LogP contribution >= 0.6 is 0 Å². The van der Waals surface area contributed by atoms with Crippen molar-refractivity contribution in [3.63, 3.8) is 0 Å². The molecule has 1 N–H and O–H groups in total. The Labute approximate surface area is 145 Å². The van der Waals surface area contributed by atoms with Crippen molar-refractivity contribution in [3.8, 4) is 0 Å². The van der Waals surface area contributed by atoms with Crippen molar-refractivity contribution in [3.05, 3.63) is 33.4 Å². The Hall–Kier alpha value is -2.00. The van der Waals surface area contributed by atoms with Crippen molar-refractivity contribution in [2.24, 2.45) is 11.3 Å². The Bertz CT molecular complexity index is 866. The van der Waals surface area contributed by atoms with Crippen molar-refractivity contribution in [2.75, 3.05) is 13.1 Å². The average molecular weight is 368 g/mol. The van der Waals surface area contributed by atoms with Crippen LogP contribution < -0.4 is 0 Å². The van der Waals surface area contributed by atoms with Gasteiger partial charge in [-0.3, -0.25) is 14.9 Å². The number of aryl methyl sites for hydroxylation is 2. The zero-order valence-electron chi connectivity index (χ0n) is 14.1.